The largest absolute Gasteiger partial charge is 0.394 e. The second-order valence-electron chi connectivity index (χ2n) is 6.27. The van der Waals surface area contributed by atoms with Crippen molar-refractivity contribution in [2.24, 2.45) is 5.10 Å². The molecule has 0 bridgehead atoms. The van der Waals surface area contributed by atoms with Gasteiger partial charge in [0, 0.05) is 0 Å². The van der Waals surface area contributed by atoms with Crippen molar-refractivity contribution in [1.82, 2.24) is 19.5 Å². The van der Waals surface area contributed by atoms with E-state index in [2.05, 4.69) is 25.5 Å². The topological polar surface area (TPSA) is 164 Å². The van der Waals surface area contributed by atoms with Crippen LogP contribution in [-0.2, 0) is 4.74 Å². The third-order valence-electron chi connectivity index (χ3n) is 4.42. The van der Waals surface area contributed by atoms with E-state index in [1.165, 1.54) is 10.9 Å². The van der Waals surface area contributed by atoms with E-state index in [1.54, 1.807) is 6.21 Å². The molecule has 4 rings (SSSR count). The normalized spacial score (nSPS) is 25.0. The minimum absolute atomic E-state index is 0.118. The molecule has 6 N–H and O–H groups in total. The van der Waals surface area contributed by atoms with Gasteiger partial charge in [0.05, 0.1) is 19.1 Å². The van der Waals surface area contributed by atoms with E-state index in [1.807, 2.05) is 30.3 Å². The second-order valence-corrected chi connectivity index (χ2v) is 6.27. The molecule has 0 spiro atoms. The molecule has 28 heavy (non-hydrogen) atoms. The van der Waals surface area contributed by atoms with Crippen molar-refractivity contribution in [1.29, 1.82) is 0 Å². The van der Waals surface area contributed by atoms with Crippen LogP contribution >= 0.6 is 0 Å². The predicted molar refractivity (Wildman–Crippen MR) is 100 cm³/mol. The van der Waals surface area contributed by atoms with Gasteiger partial charge >= 0.3 is 0 Å². The first-order valence-corrected chi connectivity index (χ1v) is 8.55. The predicted octanol–water partition coefficient (Wildman–Crippen LogP) is -0.534. The molecule has 1 aliphatic heterocycles. The molecule has 1 saturated heterocycles. The molecule has 0 amide bonds. The van der Waals surface area contributed by atoms with Crippen molar-refractivity contribution in [2.75, 3.05) is 17.8 Å². The highest BCUT2D eigenvalue weighted by molar-refractivity contribution is 5.83. The van der Waals surface area contributed by atoms with E-state index >= 15 is 0 Å². The van der Waals surface area contributed by atoms with Gasteiger partial charge in [0.2, 0.25) is 5.95 Å². The molecule has 1 aliphatic rings. The Morgan fingerprint density at radius 3 is 2.71 bits per heavy atom. The second kappa shape index (κ2) is 7.48. The lowest BCUT2D eigenvalue weighted by molar-refractivity contribution is -0.0511. The number of benzene rings is 1. The van der Waals surface area contributed by atoms with E-state index in [-0.39, 0.29) is 11.8 Å². The number of ether oxygens (including phenoxy) is 1. The fourth-order valence-corrected chi connectivity index (χ4v) is 2.99. The average Bonchev–Trinajstić information content (AvgIpc) is 3.24. The minimum atomic E-state index is -1.27. The summed E-state index contributed by atoms with van der Waals surface area (Å²) in [5, 5.41) is 33.6. The molecular weight excluding hydrogens is 366 g/mol. The number of hydrogen-bond acceptors (Lipinski definition) is 10. The van der Waals surface area contributed by atoms with E-state index in [0.29, 0.717) is 11.2 Å². The van der Waals surface area contributed by atoms with Crippen molar-refractivity contribution < 1.29 is 20.1 Å². The SMILES string of the molecule is Nc1nc(NN=Cc2ccccc2)nc2c1ncn2[C@@H]1O[C@H](CO)[C@@H](O)[C@H]1O. The maximum atomic E-state index is 10.2. The van der Waals surface area contributed by atoms with Gasteiger partial charge in [-0.2, -0.15) is 15.1 Å². The number of aromatic nitrogens is 4. The van der Waals surface area contributed by atoms with Crippen molar-refractivity contribution in [3.05, 3.63) is 42.2 Å². The van der Waals surface area contributed by atoms with Gasteiger partial charge in [-0.25, -0.2) is 10.4 Å². The monoisotopic (exact) mass is 385 g/mol. The first kappa shape index (κ1) is 18.3. The number of hydrogen-bond donors (Lipinski definition) is 5. The molecule has 11 heteroatoms. The Bertz CT molecular complexity index is 994. The van der Waals surface area contributed by atoms with Crippen molar-refractivity contribution in [2.45, 2.75) is 24.5 Å². The molecule has 1 aromatic carbocycles. The Hall–Kier alpha value is -3.12. The molecule has 0 aliphatic carbocycles. The van der Waals surface area contributed by atoms with Crippen LogP contribution in [0.4, 0.5) is 11.8 Å². The number of nitrogens with zero attached hydrogens (tertiary/aromatic N) is 5. The zero-order valence-electron chi connectivity index (χ0n) is 14.6. The van der Waals surface area contributed by atoms with Gasteiger partial charge in [0.15, 0.2) is 17.7 Å². The summed E-state index contributed by atoms with van der Waals surface area (Å²) in [4.78, 5) is 12.6. The number of rotatable bonds is 5. The summed E-state index contributed by atoms with van der Waals surface area (Å²) in [6, 6.07) is 9.46. The van der Waals surface area contributed by atoms with Crippen LogP contribution in [0.3, 0.4) is 0 Å². The zero-order chi connectivity index (χ0) is 19.7. The van der Waals surface area contributed by atoms with Crippen LogP contribution in [0.2, 0.25) is 0 Å². The van der Waals surface area contributed by atoms with E-state index in [9.17, 15) is 15.3 Å². The fourth-order valence-electron chi connectivity index (χ4n) is 2.99. The van der Waals surface area contributed by atoms with Crippen LogP contribution in [0.25, 0.3) is 11.2 Å². The number of nitrogens with two attached hydrogens (primary N) is 1. The van der Waals surface area contributed by atoms with Crippen LogP contribution in [0.5, 0.6) is 0 Å². The van der Waals surface area contributed by atoms with Gasteiger partial charge in [-0.05, 0) is 5.56 Å². The number of anilines is 2. The average molecular weight is 385 g/mol. The molecule has 1 fully saturated rings. The Kier molecular flexibility index (Phi) is 4.88. The number of aliphatic hydroxyl groups is 3. The van der Waals surface area contributed by atoms with Crippen LogP contribution < -0.4 is 11.2 Å². The van der Waals surface area contributed by atoms with Crippen molar-refractivity contribution in [3.63, 3.8) is 0 Å². The van der Waals surface area contributed by atoms with Crippen LogP contribution in [0.1, 0.15) is 11.8 Å². The number of nitrogen functional groups attached to an aromatic ring is 1. The van der Waals surface area contributed by atoms with Gasteiger partial charge in [0.25, 0.3) is 0 Å². The zero-order valence-corrected chi connectivity index (χ0v) is 14.6. The lowest BCUT2D eigenvalue weighted by Crippen LogP contribution is -2.33. The lowest BCUT2D eigenvalue weighted by atomic mass is 10.1. The lowest BCUT2D eigenvalue weighted by Gasteiger charge is -2.16. The van der Waals surface area contributed by atoms with Crippen molar-refractivity contribution >= 4 is 29.1 Å². The number of aliphatic hydroxyl groups excluding tert-OH is 3. The quantitative estimate of drug-likeness (QED) is 0.287. The summed E-state index contributed by atoms with van der Waals surface area (Å²) < 4.78 is 6.96. The summed E-state index contributed by atoms with van der Waals surface area (Å²) in [6.45, 7) is -0.431. The van der Waals surface area contributed by atoms with Gasteiger partial charge < -0.3 is 25.8 Å². The summed E-state index contributed by atoms with van der Waals surface area (Å²) in [6.07, 6.45) is -1.41. The first-order valence-electron chi connectivity index (χ1n) is 8.55. The number of hydrazone groups is 1. The summed E-state index contributed by atoms with van der Waals surface area (Å²) in [5.41, 5.74) is 10.2. The Morgan fingerprint density at radius 1 is 1.21 bits per heavy atom. The molecule has 4 atom stereocenters. The van der Waals surface area contributed by atoms with Gasteiger partial charge in [-0.1, -0.05) is 30.3 Å². The third kappa shape index (κ3) is 3.27. The molecule has 0 saturated carbocycles. The smallest absolute Gasteiger partial charge is 0.247 e. The standard InChI is InChI=1S/C17H19N7O4/c18-14-11-15(22-17(21-14)23-20-6-9-4-2-1-3-5-9)24(8-19-11)16-13(27)12(26)10(7-25)28-16/h1-6,8,10,12-13,16,25-27H,7H2,(H3,18,21,22,23)/t10-,12-,13-,16-/m1/s1. The number of imidazole rings is 1. The fraction of sp³-hybridized carbons (Fsp3) is 0.294. The summed E-state index contributed by atoms with van der Waals surface area (Å²) in [7, 11) is 0. The van der Waals surface area contributed by atoms with Crippen LogP contribution in [-0.4, -0.2) is 66.0 Å². The molecule has 2 aromatic heterocycles. The van der Waals surface area contributed by atoms with E-state index in [0.717, 1.165) is 5.56 Å². The highest BCUT2D eigenvalue weighted by Gasteiger charge is 2.44. The molecule has 3 heterocycles. The van der Waals surface area contributed by atoms with E-state index in [4.69, 9.17) is 10.5 Å². The van der Waals surface area contributed by atoms with Gasteiger partial charge in [-0.3, -0.25) is 4.57 Å². The molecule has 0 unspecified atom stereocenters. The Balaban J connectivity index is 1.63. The number of fused-ring (bicyclic) bond motifs is 1. The van der Waals surface area contributed by atoms with Crippen molar-refractivity contribution in [3.8, 4) is 0 Å². The molecule has 0 radical (unpaired) electrons. The first-order chi connectivity index (χ1) is 13.6. The maximum absolute atomic E-state index is 10.2. The maximum Gasteiger partial charge on any atom is 0.247 e. The molecule has 11 nitrogen and oxygen atoms in total. The van der Waals surface area contributed by atoms with Gasteiger partial charge in [0.1, 0.15) is 23.8 Å². The summed E-state index contributed by atoms with van der Waals surface area (Å²) >= 11 is 0. The van der Waals surface area contributed by atoms with E-state index < -0.39 is 31.1 Å². The highest BCUT2D eigenvalue weighted by Crippen LogP contribution is 2.32. The molecule has 146 valence electrons. The van der Waals surface area contributed by atoms with Crippen LogP contribution in [0.15, 0.2) is 41.8 Å². The summed E-state index contributed by atoms with van der Waals surface area (Å²) in [5.74, 6) is 0.249. The number of nitrogens with one attached hydrogen (secondary N) is 1. The minimum Gasteiger partial charge on any atom is -0.394 e. The van der Waals surface area contributed by atoms with Gasteiger partial charge in [-0.15, -0.1) is 0 Å². The molecular formula is C17H19N7O4. The van der Waals surface area contributed by atoms with Crippen LogP contribution in [0, 0.1) is 0 Å². The Morgan fingerprint density at radius 2 is 2.00 bits per heavy atom. The Labute approximate surface area is 159 Å². The molecule has 3 aromatic rings. The third-order valence-corrected chi connectivity index (χ3v) is 4.42. The highest BCUT2D eigenvalue weighted by atomic mass is 16.6.